The van der Waals surface area contributed by atoms with Crippen LogP contribution >= 0.6 is 0 Å². The number of nitrogens with zero attached hydrogens (tertiary/aromatic N) is 1. The molecule has 0 heterocycles. The molecule has 0 aliphatic heterocycles. The molecule has 0 spiro atoms. The molecule has 3 nitrogen and oxygen atoms in total. The van der Waals surface area contributed by atoms with E-state index in [1.54, 1.807) is 0 Å². The van der Waals surface area contributed by atoms with Crippen molar-refractivity contribution in [1.82, 2.24) is 0 Å². The molecule has 1 rings (SSSR count). The number of halogens is 1. The summed E-state index contributed by atoms with van der Waals surface area (Å²) in [5, 5.41) is 8.47. The number of nitrogens with two attached hydrogens (primary N) is 1. The van der Waals surface area contributed by atoms with E-state index in [0.717, 1.165) is 6.07 Å². The summed E-state index contributed by atoms with van der Waals surface area (Å²) in [6.45, 7) is 0.104. The topological polar surface area (TPSA) is 59.0 Å². The van der Waals surface area contributed by atoms with Gasteiger partial charge in [0.1, 0.15) is 5.82 Å². The summed E-state index contributed by atoms with van der Waals surface area (Å²) in [6, 6.07) is 5.78. The van der Waals surface area contributed by atoms with Crippen LogP contribution in [0.4, 0.5) is 4.39 Å². The van der Waals surface area contributed by atoms with Crippen molar-refractivity contribution >= 4 is 0 Å². The zero-order valence-corrected chi connectivity index (χ0v) is 6.25. The predicted molar refractivity (Wildman–Crippen MR) is 40.1 cm³/mol. The highest BCUT2D eigenvalue weighted by Gasteiger charge is 1.99. The van der Waals surface area contributed by atoms with Crippen LogP contribution < -0.4 is 5.90 Å². The van der Waals surface area contributed by atoms with Crippen molar-refractivity contribution in [3.63, 3.8) is 0 Å². The van der Waals surface area contributed by atoms with E-state index in [2.05, 4.69) is 4.84 Å². The van der Waals surface area contributed by atoms with Gasteiger partial charge in [-0.2, -0.15) is 5.26 Å². The van der Waals surface area contributed by atoms with Gasteiger partial charge in [0.2, 0.25) is 0 Å². The van der Waals surface area contributed by atoms with Gasteiger partial charge in [-0.15, -0.1) is 0 Å². The average molecular weight is 166 g/mol. The molecule has 2 N–H and O–H groups in total. The molecule has 4 heteroatoms. The largest absolute Gasteiger partial charge is 0.300 e. The van der Waals surface area contributed by atoms with Gasteiger partial charge in [0.05, 0.1) is 18.2 Å². The Hall–Kier alpha value is -1.44. The van der Waals surface area contributed by atoms with Gasteiger partial charge in [0.25, 0.3) is 0 Å². The van der Waals surface area contributed by atoms with E-state index in [9.17, 15) is 4.39 Å². The predicted octanol–water partition coefficient (Wildman–Crippen LogP) is 1.09. The monoisotopic (exact) mass is 166 g/mol. The van der Waals surface area contributed by atoms with Crippen molar-refractivity contribution in [1.29, 1.82) is 5.26 Å². The molecule has 0 radical (unpaired) electrons. The van der Waals surface area contributed by atoms with Crippen molar-refractivity contribution in [3.8, 4) is 6.07 Å². The van der Waals surface area contributed by atoms with Crippen LogP contribution in [0, 0.1) is 17.1 Å². The first-order valence-electron chi connectivity index (χ1n) is 3.27. The molecule has 0 saturated heterocycles. The summed E-state index contributed by atoms with van der Waals surface area (Å²) >= 11 is 0. The van der Waals surface area contributed by atoms with Crippen LogP contribution in [0.3, 0.4) is 0 Å². The fraction of sp³-hybridized carbons (Fsp3) is 0.125. The maximum absolute atomic E-state index is 12.7. The van der Waals surface area contributed by atoms with Crippen LogP contribution in [-0.4, -0.2) is 0 Å². The van der Waals surface area contributed by atoms with E-state index < -0.39 is 5.82 Å². The van der Waals surface area contributed by atoms with E-state index in [1.165, 1.54) is 12.1 Å². The Labute approximate surface area is 69.1 Å². The zero-order chi connectivity index (χ0) is 8.97. The Bertz CT molecular complexity index is 319. The molecule has 0 atom stereocenters. The van der Waals surface area contributed by atoms with Gasteiger partial charge in [-0.05, 0) is 23.8 Å². The molecule has 1 aromatic rings. The molecule has 12 heavy (non-hydrogen) atoms. The summed E-state index contributed by atoms with van der Waals surface area (Å²) < 4.78 is 12.7. The minimum absolute atomic E-state index is 0.104. The third-order valence-corrected chi connectivity index (χ3v) is 1.34. The van der Waals surface area contributed by atoms with Gasteiger partial charge in [-0.25, -0.2) is 10.3 Å². The van der Waals surface area contributed by atoms with E-state index in [-0.39, 0.29) is 12.2 Å². The molecule has 1 aromatic carbocycles. The van der Waals surface area contributed by atoms with Crippen LogP contribution in [0.2, 0.25) is 0 Å². The van der Waals surface area contributed by atoms with E-state index >= 15 is 0 Å². The average Bonchev–Trinajstić information content (AvgIpc) is 2.04. The lowest BCUT2D eigenvalue weighted by Gasteiger charge is -1.99. The molecule has 0 fully saturated rings. The lowest BCUT2D eigenvalue weighted by molar-refractivity contribution is 0.124. The lowest BCUT2D eigenvalue weighted by atomic mass is 10.1. The third kappa shape index (κ3) is 2.02. The van der Waals surface area contributed by atoms with E-state index in [4.69, 9.17) is 11.2 Å². The van der Waals surface area contributed by atoms with Gasteiger partial charge < -0.3 is 0 Å². The summed E-state index contributed by atoms with van der Waals surface area (Å²) in [5.41, 5.74) is 0.816. The first-order valence-corrected chi connectivity index (χ1v) is 3.27. The van der Waals surface area contributed by atoms with Gasteiger partial charge in [0.15, 0.2) is 0 Å². The minimum Gasteiger partial charge on any atom is -0.300 e. The maximum atomic E-state index is 12.7. The van der Waals surface area contributed by atoms with Gasteiger partial charge >= 0.3 is 0 Å². The lowest BCUT2D eigenvalue weighted by Crippen LogP contribution is -1.99. The van der Waals surface area contributed by atoms with Crippen molar-refractivity contribution in [3.05, 3.63) is 35.1 Å². The fourth-order valence-electron chi connectivity index (χ4n) is 0.895. The zero-order valence-electron chi connectivity index (χ0n) is 6.25. The Morgan fingerprint density at radius 2 is 2.25 bits per heavy atom. The summed E-state index contributed by atoms with van der Waals surface area (Å²) in [7, 11) is 0. The molecule has 0 aliphatic rings. The summed E-state index contributed by atoms with van der Waals surface area (Å²) in [4.78, 5) is 4.31. The molecule has 62 valence electrons. The van der Waals surface area contributed by atoms with Crippen LogP contribution in [0.25, 0.3) is 0 Å². The van der Waals surface area contributed by atoms with Gasteiger partial charge in [0, 0.05) is 0 Å². The Morgan fingerprint density at radius 3 is 2.83 bits per heavy atom. The quantitative estimate of drug-likeness (QED) is 0.669. The third-order valence-electron chi connectivity index (χ3n) is 1.34. The van der Waals surface area contributed by atoms with Crippen molar-refractivity contribution < 1.29 is 9.23 Å². The highest BCUT2D eigenvalue weighted by molar-refractivity contribution is 5.33. The Kier molecular flexibility index (Phi) is 2.75. The molecule has 0 saturated carbocycles. The van der Waals surface area contributed by atoms with Crippen LogP contribution in [0.15, 0.2) is 18.2 Å². The van der Waals surface area contributed by atoms with Crippen molar-refractivity contribution in [2.45, 2.75) is 6.61 Å². The highest BCUT2D eigenvalue weighted by Crippen LogP contribution is 2.08. The standard InChI is InChI=1S/C8H7FN2O/c9-8-2-6(4-10)1-7(3-8)5-12-11/h1-3H,5,11H2. The maximum Gasteiger partial charge on any atom is 0.124 e. The molecular formula is C8H7FN2O. The second kappa shape index (κ2) is 3.81. The molecule has 0 amide bonds. The molecule has 0 unspecified atom stereocenters. The number of rotatable bonds is 2. The smallest absolute Gasteiger partial charge is 0.124 e. The number of hydrogen-bond acceptors (Lipinski definition) is 3. The van der Waals surface area contributed by atoms with Crippen LogP contribution in [0.1, 0.15) is 11.1 Å². The molecule has 0 aromatic heterocycles. The Balaban J connectivity index is 3.00. The van der Waals surface area contributed by atoms with Crippen LogP contribution in [-0.2, 0) is 11.4 Å². The second-order valence-electron chi connectivity index (χ2n) is 2.27. The van der Waals surface area contributed by atoms with E-state index in [0.29, 0.717) is 5.56 Å². The van der Waals surface area contributed by atoms with E-state index in [1.807, 2.05) is 6.07 Å². The number of benzene rings is 1. The van der Waals surface area contributed by atoms with Gasteiger partial charge in [-0.3, -0.25) is 4.84 Å². The molecule has 0 aliphatic carbocycles. The first kappa shape index (κ1) is 8.65. The number of hydrogen-bond donors (Lipinski definition) is 1. The minimum atomic E-state index is -0.457. The highest BCUT2D eigenvalue weighted by atomic mass is 19.1. The molecular weight excluding hydrogens is 159 g/mol. The SMILES string of the molecule is N#Cc1cc(F)cc(CON)c1. The summed E-state index contributed by atoms with van der Waals surface area (Å²) in [5.74, 6) is 4.34. The first-order chi connectivity index (χ1) is 5.76. The Morgan fingerprint density at radius 1 is 1.50 bits per heavy atom. The van der Waals surface area contributed by atoms with Crippen molar-refractivity contribution in [2.24, 2.45) is 5.90 Å². The van der Waals surface area contributed by atoms with Crippen molar-refractivity contribution in [2.75, 3.05) is 0 Å². The normalized spacial score (nSPS) is 9.42. The summed E-state index contributed by atoms with van der Waals surface area (Å²) in [6.07, 6.45) is 0. The fourth-order valence-corrected chi connectivity index (χ4v) is 0.895. The second-order valence-corrected chi connectivity index (χ2v) is 2.27. The van der Waals surface area contributed by atoms with Gasteiger partial charge in [-0.1, -0.05) is 0 Å². The number of nitriles is 1. The molecule has 0 bridgehead atoms. The van der Waals surface area contributed by atoms with Crippen LogP contribution in [0.5, 0.6) is 0 Å².